The van der Waals surface area contributed by atoms with E-state index in [-0.39, 0.29) is 12.1 Å². The number of ether oxygens (including phenoxy) is 1. The molecular formula is C14H20N2O2. The Morgan fingerprint density at radius 3 is 2.67 bits per heavy atom. The third kappa shape index (κ3) is 3.73. The van der Waals surface area contributed by atoms with Gasteiger partial charge in [-0.3, -0.25) is 4.90 Å². The second kappa shape index (κ2) is 6.39. The minimum Gasteiger partial charge on any atom is -0.491 e. The minimum absolute atomic E-state index is 0.0955. The van der Waals surface area contributed by atoms with Gasteiger partial charge in [-0.15, -0.1) is 0 Å². The summed E-state index contributed by atoms with van der Waals surface area (Å²) in [6.07, 6.45) is 0. The van der Waals surface area contributed by atoms with Crippen molar-refractivity contribution in [1.29, 1.82) is 5.26 Å². The Kier molecular flexibility index (Phi) is 5.14. The number of nitrogens with zero attached hydrogens (tertiary/aromatic N) is 2. The number of hydrogen-bond donors (Lipinski definition) is 1. The minimum atomic E-state index is -0.266. The van der Waals surface area contributed by atoms with Gasteiger partial charge in [-0.2, -0.15) is 5.26 Å². The Labute approximate surface area is 108 Å². The molecule has 1 aromatic carbocycles. The van der Waals surface area contributed by atoms with Crippen molar-refractivity contribution in [2.75, 3.05) is 26.8 Å². The predicted molar refractivity (Wildman–Crippen MR) is 70.4 cm³/mol. The summed E-state index contributed by atoms with van der Waals surface area (Å²) >= 11 is 0. The molecule has 0 atom stereocenters. The van der Waals surface area contributed by atoms with Crippen molar-refractivity contribution in [3.8, 4) is 11.8 Å². The van der Waals surface area contributed by atoms with Crippen molar-refractivity contribution >= 4 is 0 Å². The molecule has 0 saturated carbocycles. The molecule has 0 unspecified atom stereocenters. The van der Waals surface area contributed by atoms with E-state index in [1.165, 1.54) is 0 Å². The molecular weight excluding hydrogens is 228 g/mol. The number of hydrogen-bond acceptors (Lipinski definition) is 4. The summed E-state index contributed by atoms with van der Waals surface area (Å²) in [5.74, 6) is 0.607. The van der Waals surface area contributed by atoms with E-state index in [2.05, 4.69) is 6.07 Å². The molecule has 0 spiro atoms. The van der Waals surface area contributed by atoms with E-state index in [1.54, 1.807) is 12.1 Å². The standard InChI is InChI=1S/C14H20N2O2/c1-14(2,11-17)16(3)8-9-18-13-7-5-4-6-12(13)10-15/h4-7,17H,8-9,11H2,1-3H3. The average molecular weight is 248 g/mol. The van der Waals surface area contributed by atoms with Gasteiger partial charge in [0.05, 0.1) is 12.2 Å². The maximum Gasteiger partial charge on any atom is 0.137 e. The number of likely N-dealkylation sites (N-methyl/N-ethyl adjacent to an activating group) is 1. The highest BCUT2D eigenvalue weighted by atomic mass is 16.5. The Hall–Kier alpha value is -1.57. The molecule has 0 aromatic heterocycles. The molecule has 0 amide bonds. The molecule has 4 nitrogen and oxygen atoms in total. The lowest BCUT2D eigenvalue weighted by molar-refractivity contribution is 0.0678. The van der Waals surface area contributed by atoms with Crippen LogP contribution in [-0.2, 0) is 0 Å². The fourth-order valence-corrected chi connectivity index (χ4v) is 1.40. The first kappa shape index (κ1) is 14.5. The van der Waals surface area contributed by atoms with Crippen LogP contribution in [0.25, 0.3) is 0 Å². The zero-order valence-corrected chi connectivity index (χ0v) is 11.2. The Bertz CT molecular complexity index is 424. The monoisotopic (exact) mass is 248 g/mol. The van der Waals surface area contributed by atoms with E-state index in [0.717, 1.165) is 0 Å². The van der Waals surface area contributed by atoms with Crippen LogP contribution in [0.15, 0.2) is 24.3 Å². The smallest absolute Gasteiger partial charge is 0.137 e. The molecule has 0 heterocycles. The molecule has 0 saturated heterocycles. The van der Waals surface area contributed by atoms with Crippen LogP contribution in [0.3, 0.4) is 0 Å². The highest BCUT2D eigenvalue weighted by Crippen LogP contribution is 2.17. The van der Waals surface area contributed by atoms with Crippen LogP contribution in [0.4, 0.5) is 0 Å². The molecule has 0 fully saturated rings. The van der Waals surface area contributed by atoms with Gasteiger partial charge in [0.2, 0.25) is 0 Å². The van der Waals surface area contributed by atoms with Gasteiger partial charge in [-0.1, -0.05) is 12.1 Å². The lowest BCUT2D eigenvalue weighted by Crippen LogP contribution is -2.45. The molecule has 0 aliphatic rings. The van der Waals surface area contributed by atoms with Crippen LogP contribution < -0.4 is 4.74 Å². The van der Waals surface area contributed by atoms with E-state index in [1.807, 2.05) is 37.9 Å². The molecule has 0 bridgehead atoms. The summed E-state index contributed by atoms with van der Waals surface area (Å²) in [6, 6.07) is 9.27. The van der Waals surface area contributed by atoms with Crippen molar-refractivity contribution in [3.05, 3.63) is 29.8 Å². The summed E-state index contributed by atoms with van der Waals surface area (Å²) in [5, 5.41) is 18.2. The van der Waals surface area contributed by atoms with Crippen molar-refractivity contribution in [2.24, 2.45) is 0 Å². The van der Waals surface area contributed by atoms with Gasteiger partial charge >= 0.3 is 0 Å². The normalized spacial score (nSPS) is 11.3. The van der Waals surface area contributed by atoms with E-state index in [9.17, 15) is 5.11 Å². The lowest BCUT2D eigenvalue weighted by Gasteiger charge is -2.33. The molecule has 1 N–H and O–H groups in total. The van der Waals surface area contributed by atoms with Gasteiger partial charge in [-0.25, -0.2) is 0 Å². The second-order valence-electron chi connectivity index (χ2n) is 4.85. The molecule has 4 heteroatoms. The van der Waals surface area contributed by atoms with Gasteiger partial charge in [0.25, 0.3) is 0 Å². The maximum atomic E-state index is 9.24. The first-order valence-corrected chi connectivity index (χ1v) is 5.95. The zero-order valence-electron chi connectivity index (χ0n) is 11.2. The van der Waals surface area contributed by atoms with Crippen LogP contribution in [0.1, 0.15) is 19.4 Å². The van der Waals surface area contributed by atoms with Gasteiger partial charge in [0.1, 0.15) is 18.4 Å². The Morgan fingerprint density at radius 2 is 2.06 bits per heavy atom. The maximum absolute atomic E-state index is 9.24. The van der Waals surface area contributed by atoms with Gasteiger partial charge < -0.3 is 9.84 Å². The molecule has 1 aromatic rings. The van der Waals surface area contributed by atoms with E-state index in [0.29, 0.717) is 24.5 Å². The van der Waals surface area contributed by atoms with Gasteiger partial charge in [0, 0.05) is 12.1 Å². The van der Waals surface area contributed by atoms with Crippen molar-refractivity contribution < 1.29 is 9.84 Å². The largest absolute Gasteiger partial charge is 0.491 e. The number of nitriles is 1. The first-order chi connectivity index (χ1) is 8.51. The SMILES string of the molecule is CN(CCOc1ccccc1C#N)C(C)(C)CO. The molecule has 0 aliphatic heterocycles. The van der Waals surface area contributed by atoms with Crippen LogP contribution >= 0.6 is 0 Å². The molecule has 1 rings (SSSR count). The quantitative estimate of drug-likeness (QED) is 0.831. The summed E-state index contributed by atoms with van der Waals surface area (Å²) < 4.78 is 5.59. The molecule has 98 valence electrons. The van der Waals surface area contributed by atoms with Crippen molar-refractivity contribution in [2.45, 2.75) is 19.4 Å². The van der Waals surface area contributed by atoms with Crippen LogP contribution in [0, 0.1) is 11.3 Å². The summed E-state index contributed by atoms with van der Waals surface area (Å²) in [6.45, 7) is 5.21. The Balaban J connectivity index is 2.50. The highest BCUT2D eigenvalue weighted by Gasteiger charge is 2.21. The summed E-state index contributed by atoms with van der Waals surface area (Å²) in [4.78, 5) is 2.03. The number of aliphatic hydroxyl groups is 1. The van der Waals surface area contributed by atoms with Gasteiger partial charge in [-0.05, 0) is 33.0 Å². The molecule has 0 radical (unpaired) electrons. The number of aliphatic hydroxyl groups excluding tert-OH is 1. The highest BCUT2D eigenvalue weighted by molar-refractivity contribution is 5.42. The number of para-hydroxylation sites is 1. The first-order valence-electron chi connectivity index (χ1n) is 5.95. The van der Waals surface area contributed by atoms with Crippen molar-refractivity contribution in [1.82, 2.24) is 4.90 Å². The predicted octanol–water partition coefficient (Wildman–Crippen LogP) is 1.64. The topological polar surface area (TPSA) is 56.5 Å². The van der Waals surface area contributed by atoms with E-state index in [4.69, 9.17) is 10.00 Å². The Morgan fingerprint density at radius 1 is 1.39 bits per heavy atom. The third-order valence-electron chi connectivity index (χ3n) is 3.11. The lowest BCUT2D eigenvalue weighted by atomic mass is 10.1. The second-order valence-corrected chi connectivity index (χ2v) is 4.85. The van der Waals surface area contributed by atoms with Crippen LogP contribution in [0.2, 0.25) is 0 Å². The third-order valence-corrected chi connectivity index (χ3v) is 3.11. The fourth-order valence-electron chi connectivity index (χ4n) is 1.40. The number of benzene rings is 1. The van der Waals surface area contributed by atoms with E-state index >= 15 is 0 Å². The molecule has 0 aliphatic carbocycles. The summed E-state index contributed by atoms with van der Waals surface area (Å²) in [5.41, 5.74) is 0.277. The van der Waals surface area contributed by atoms with Gasteiger partial charge in [0.15, 0.2) is 0 Å². The average Bonchev–Trinajstić information content (AvgIpc) is 2.39. The van der Waals surface area contributed by atoms with Crippen LogP contribution in [-0.4, -0.2) is 42.4 Å². The van der Waals surface area contributed by atoms with E-state index < -0.39 is 0 Å². The van der Waals surface area contributed by atoms with Crippen molar-refractivity contribution in [3.63, 3.8) is 0 Å². The number of rotatable bonds is 6. The summed E-state index contributed by atoms with van der Waals surface area (Å²) in [7, 11) is 1.94. The molecule has 18 heavy (non-hydrogen) atoms. The zero-order chi connectivity index (χ0) is 13.6. The van der Waals surface area contributed by atoms with Crippen LogP contribution in [0.5, 0.6) is 5.75 Å². The fraction of sp³-hybridized carbons (Fsp3) is 0.500.